The summed E-state index contributed by atoms with van der Waals surface area (Å²) in [5.41, 5.74) is 0.416. The van der Waals surface area contributed by atoms with Crippen LogP contribution in [0, 0.1) is 11.3 Å². The predicted molar refractivity (Wildman–Crippen MR) is 78.3 cm³/mol. The summed E-state index contributed by atoms with van der Waals surface area (Å²) < 4.78 is 51.1. The van der Waals surface area contributed by atoms with Gasteiger partial charge >= 0.3 is 6.18 Å². The van der Waals surface area contributed by atoms with Crippen LogP contribution < -0.4 is 0 Å². The highest BCUT2D eigenvalue weighted by Gasteiger charge is 2.35. The van der Waals surface area contributed by atoms with Gasteiger partial charge in [0.2, 0.25) is 0 Å². The Morgan fingerprint density at radius 1 is 1.23 bits per heavy atom. The largest absolute Gasteiger partial charge is 0.416 e. The van der Waals surface area contributed by atoms with Crippen molar-refractivity contribution in [1.82, 2.24) is 0 Å². The van der Waals surface area contributed by atoms with Crippen LogP contribution in [0.15, 0.2) is 24.3 Å². The van der Waals surface area contributed by atoms with E-state index in [4.69, 9.17) is 5.26 Å². The zero-order chi connectivity index (χ0) is 15.9. The molecule has 1 aromatic carbocycles. The number of rotatable bonds is 1. The number of benzene rings is 1. The van der Waals surface area contributed by atoms with E-state index in [9.17, 15) is 17.4 Å². The second kappa shape index (κ2) is 5.54. The highest BCUT2D eigenvalue weighted by molar-refractivity contribution is 7.86. The Balaban J connectivity index is 2.05. The summed E-state index contributed by atoms with van der Waals surface area (Å²) in [5, 5.41) is 8.93. The summed E-state index contributed by atoms with van der Waals surface area (Å²) in [6, 6.07) is 5.24. The number of allylic oxidation sites excluding steroid dienone is 1. The lowest BCUT2D eigenvalue weighted by molar-refractivity contribution is -0.137. The zero-order valence-corrected chi connectivity index (χ0v) is 12.5. The molecule has 0 aromatic heterocycles. The van der Waals surface area contributed by atoms with Crippen molar-refractivity contribution in [2.75, 3.05) is 0 Å². The van der Waals surface area contributed by atoms with E-state index in [0.717, 1.165) is 37.0 Å². The van der Waals surface area contributed by atoms with Crippen LogP contribution in [0.3, 0.4) is 0 Å². The maximum atomic E-state index is 13.0. The zero-order valence-electron chi connectivity index (χ0n) is 11.7. The van der Waals surface area contributed by atoms with Crippen LogP contribution in [0.25, 0.3) is 5.57 Å². The first-order valence-electron chi connectivity index (χ1n) is 7.11. The molecular weight excluding hydrogens is 311 g/mol. The van der Waals surface area contributed by atoms with Crippen molar-refractivity contribution >= 4 is 16.4 Å². The van der Waals surface area contributed by atoms with Gasteiger partial charge in [-0.2, -0.15) is 18.4 Å². The van der Waals surface area contributed by atoms with Crippen molar-refractivity contribution in [3.63, 3.8) is 0 Å². The molecule has 1 saturated heterocycles. The highest BCUT2D eigenvalue weighted by atomic mass is 32.2. The normalized spacial score (nSPS) is 27.9. The van der Waals surface area contributed by atoms with E-state index in [1.807, 2.05) is 6.08 Å². The Bertz CT molecular complexity index is 702. The molecule has 0 radical (unpaired) electrons. The SMILES string of the molecule is N#Cc1cc(C2=CC3CCCC(C2)S3=O)cc(C(F)(F)F)c1. The predicted octanol–water partition coefficient (Wildman–Crippen LogP) is 4.03. The molecule has 0 spiro atoms. The summed E-state index contributed by atoms with van der Waals surface area (Å²) in [4.78, 5) is 0. The Kier molecular flexibility index (Phi) is 3.85. The minimum atomic E-state index is -4.48. The molecule has 22 heavy (non-hydrogen) atoms. The van der Waals surface area contributed by atoms with Crippen LogP contribution in [-0.4, -0.2) is 14.7 Å². The van der Waals surface area contributed by atoms with Crippen molar-refractivity contribution in [2.24, 2.45) is 0 Å². The van der Waals surface area contributed by atoms with Gasteiger partial charge in [-0.25, -0.2) is 0 Å². The number of hydrogen-bond donors (Lipinski definition) is 0. The van der Waals surface area contributed by atoms with Crippen LogP contribution >= 0.6 is 0 Å². The van der Waals surface area contributed by atoms with Crippen LogP contribution in [0.5, 0.6) is 0 Å². The molecule has 2 aliphatic rings. The number of hydrogen-bond acceptors (Lipinski definition) is 2. The third kappa shape index (κ3) is 2.82. The van der Waals surface area contributed by atoms with Gasteiger partial charge in [0.25, 0.3) is 0 Å². The standard InChI is InChI=1S/C16H14F3NOS/c17-16(18,19)13-5-10(9-20)4-11(6-13)12-7-14-2-1-3-15(8-12)22(14)21/h4-7,14-15H,1-3,8H2. The van der Waals surface area contributed by atoms with Gasteiger partial charge in [0.05, 0.1) is 22.4 Å². The summed E-state index contributed by atoms with van der Waals surface area (Å²) in [7, 11) is -0.924. The molecular formula is C16H14F3NOS. The molecule has 0 N–H and O–H groups in total. The van der Waals surface area contributed by atoms with Gasteiger partial charge in [-0.05, 0) is 48.6 Å². The van der Waals surface area contributed by atoms with Crippen LogP contribution in [0.2, 0.25) is 0 Å². The Labute approximate surface area is 129 Å². The molecule has 3 rings (SSSR count). The van der Waals surface area contributed by atoms with Gasteiger partial charge in [0, 0.05) is 16.0 Å². The van der Waals surface area contributed by atoms with E-state index in [2.05, 4.69) is 0 Å². The smallest absolute Gasteiger partial charge is 0.259 e. The fraction of sp³-hybridized carbons (Fsp3) is 0.438. The van der Waals surface area contributed by atoms with E-state index >= 15 is 0 Å². The molecule has 0 aliphatic carbocycles. The van der Waals surface area contributed by atoms with Crippen molar-refractivity contribution in [1.29, 1.82) is 5.26 Å². The molecule has 0 amide bonds. The molecule has 2 nitrogen and oxygen atoms in total. The fourth-order valence-corrected chi connectivity index (χ4v) is 5.09. The molecule has 2 aliphatic heterocycles. The lowest BCUT2D eigenvalue weighted by atomic mass is 9.91. The van der Waals surface area contributed by atoms with E-state index < -0.39 is 22.5 Å². The highest BCUT2D eigenvalue weighted by Crippen LogP contribution is 2.39. The lowest BCUT2D eigenvalue weighted by Crippen LogP contribution is -2.33. The van der Waals surface area contributed by atoms with Crippen LogP contribution in [-0.2, 0) is 17.0 Å². The Morgan fingerprint density at radius 3 is 2.64 bits per heavy atom. The molecule has 0 saturated carbocycles. The first-order chi connectivity index (χ1) is 10.4. The van der Waals surface area contributed by atoms with E-state index in [1.165, 1.54) is 6.07 Å². The third-order valence-corrected chi connectivity index (χ3v) is 6.26. The van der Waals surface area contributed by atoms with Crippen molar-refractivity contribution in [3.05, 3.63) is 41.0 Å². The Hall–Kier alpha value is -1.61. The topological polar surface area (TPSA) is 40.9 Å². The molecule has 2 bridgehead atoms. The Morgan fingerprint density at radius 2 is 2.00 bits per heavy atom. The molecule has 2 heterocycles. The van der Waals surface area contributed by atoms with Crippen LogP contribution in [0.4, 0.5) is 13.2 Å². The minimum Gasteiger partial charge on any atom is -0.259 e. The second-order valence-electron chi connectivity index (χ2n) is 5.72. The summed E-state index contributed by atoms with van der Waals surface area (Å²) in [6.45, 7) is 0. The molecule has 3 unspecified atom stereocenters. The van der Waals surface area contributed by atoms with Gasteiger partial charge in [0.15, 0.2) is 0 Å². The maximum Gasteiger partial charge on any atom is 0.416 e. The van der Waals surface area contributed by atoms with Crippen molar-refractivity contribution in [2.45, 2.75) is 42.4 Å². The van der Waals surface area contributed by atoms with E-state index in [0.29, 0.717) is 12.0 Å². The number of fused-ring (bicyclic) bond motifs is 2. The first kappa shape index (κ1) is 15.3. The summed E-state index contributed by atoms with van der Waals surface area (Å²) in [5.74, 6) is 0. The number of alkyl halides is 3. The summed E-state index contributed by atoms with van der Waals surface area (Å²) in [6.07, 6.45) is 0.575. The number of nitriles is 1. The molecule has 1 fully saturated rings. The quantitative estimate of drug-likeness (QED) is 0.782. The van der Waals surface area contributed by atoms with Gasteiger partial charge < -0.3 is 0 Å². The lowest BCUT2D eigenvalue weighted by Gasteiger charge is -2.33. The molecule has 3 atom stereocenters. The van der Waals surface area contributed by atoms with Gasteiger partial charge in [-0.15, -0.1) is 0 Å². The van der Waals surface area contributed by atoms with E-state index in [-0.39, 0.29) is 16.1 Å². The molecule has 6 heteroatoms. The van der Waals surface area contributed by atoms with E-state index in [1.54, 1.807) is 6.07 Å². The maximum absolute atomic E-state index is 13.0. The average molecular weight is 325 g/mol. The third-order valence-electron chi connectivity index (χ3n) is 4.24. The van der Waals surface area contributed by atoms with Gasteiger partial charge in [-0.3, -0.25) is 4.21 Å². The molecule has 1 aromatic rings. The van der Waals surface area contributed by atoms with Crippen LogP contribution in [0.1, 0.15) is 42.4 Å². The number of nitrogens with zero attached hydrogens (tertiary/aromatic N) is 1. The van der Waals surface area contributed by atoms with Crippen molar-refractivity contribution < 1.29 is 17.4 Å². The first-order valence-corrected chi connectivity index (χ1v) is 8.39. The summed E-state index contributed by atoms with van der Waals surface area (Å²) >= 11 is 0. The van der Waals surface area contributed by atoms with Gasteiger partial charge in [-0.1, -0.05) is 12.5 Å². The average Bonchev–Trinajstić information content (AvgIpc) is 2.45. The molecule has 116 valence electrons. The van der Waals surface area contributed by atoms with Crippen molar-refractivity contribution in [3.8, 4) is 6.07 Å². The fourth-order valence-electron chi connectivity index (χ4n) is 3.15. The number of halogens is 3. The monoisotopic (exact) mass is 325 g/mol. The minimum absolute atomic E-state index is 0.00239. The second-order valence-corrected chi connectivity index (χ2v) is 7.65. The van der Waals surface area contributed by atoms with Gasteiger partial charge in [0.1, 0.15) is 0 Å².